The van der Waals surface area contributed by atoms with Crippen LogP contribution in [-0.4, -0.2) is 9.55 Å². The summed E-state index contributed by atoms with van der Waals surface area (Å²) in [4.78, 5) is 9.40. The number of para-hydroxylation sites is 2. The van der Waals surface area contributed by atoms with Crippen molar-refractivity contribution >= 4 is 65.3 Å². The Morgan fingerprint density at radius 3 is 2.04 bits per heavy atom. The van der Waals surface area contributed by atoms with Gasteiger partial charge in [0, 0.05) is 70.6 Å². The third kappa shape index (κ3) is 6.22. The zero-order valence-corrected chi connectivity index (χ0v) is 33.6. The molecule has 0 amide bonds. The van der Waals surface area contributed by atoms with Crippen molar-refractivity contribution in [1.29, 1.82) is 0 Å². The Kier molecular flexibility index (Phi) is 8.75. The minimum atomic E-state index is 0. The molecule has 0 aliphatic carbocycles. The van der Waals surface area contributed by atoms with Crippen molar-refractivity contribution in [3.05, 3.63) is 151 Å². The first-order chi connectivity index (χ1) is 25.0. The molecule has 1 aliphatic rings. The molecule has 0 N–H and O–H groups in total. The zero-order valence-electron chi connectivity index (χ0n) is 30.5. The van der Waals surface area contributed by atoms with Gasteiger partial charge in [-0.1, -0.05) is 101 Å². The molecule has 0 saturated carbocycles. The quantitative estimate of drug-likeness (QED) is 0.161. The van der Waals surface area contributed by atoms with Crippen molar-refractivity contribution in [2.24, 2.45) is 0 Å². The second-order valence-electron chi connectivity index (χ2n) is 15.5. The molecule has 53 heavy (non-hydrogen) atoms. The number of fused-ring (bicyclic) bond motifs is 6. The van der Waals surface area contributed by atoms with E-state index in [1.54, 1.807) is 11.3 Å². The number of nitrogens with zero attached hydrogens (tertiary/aromatic N) is 4. The number of hydrogen-bond acceptors (Lipinski definition) is 5. The van der Waals surface area contributed by atoms with Gasteiger partial charge in [0.1, 0.15) is 5.82 Å². The van der Waals surface area contributed by atoms with E-state index >= 15 is 0 Å². The molecule has 0 radical (unpaired) electrons. The third-order valence-electron chi connectivity index (χ3n) is 9.88. The van der Waals surface area contributed by atoms with E-state index in [0.29, 0.717) is 11.5 Å². The molecule has 9 rings (SSSR count). The van der Waals surface area contributed by atoms with E-state index in [-0.39, 0.29) is 31.9 Å². The minimum absolute atomic E-state index is 0. The average molecular weight is 891 g/mol. The summed E-state index contributed by atoms with van der Waals surface area (Å²) >= 11 is 1.81. The summed E-state index contributed by atoms with van der Waals surface area (Å²) in [5.41, 5.74) is 8.89. The molecule has 7 heteroatoms. The fourth-order valence-corrected chi connectivity index (χ4v) is 8.22. The van der Waals surface area contributed by atoms with Gasteiger partial charge in [-0.15, -0.1) is 54.0 Å². The van der Waals surface area contributed by atoms with E-state index in [1.807, 2.05) is 24.4 Å². The van der Waals surface area contributed by atoms with Crippen LogP contribution in [0.2, 0.25) is 0 Å². The standard InChI is InChI=1S/C46H39N4OS.Pt/c1-45(2,3)30-18-21-32(22-19-30)48-29-49(39-16-9-8-15-38(39)48)33-12-11-13-34(26-33)51-35-23-24-36-40(27-35)50(42-25-20-31(28-47-42)46(4,5)6)43-37-14-7-10-17-41(37)52-44(36)43;/h7-25,28-29H,1-6H3;/q-3;. The maximum atomic E-state index is 6.55. The van der Waals surface area contributed by atoms with Crippen molar-refractivity contribution in [2.45, 2.75) is 52.4 Å². The van der Waals surface area contributed by atoms with Gasteiger partial charge in [-0.05, 0) is 58.4 Å². The van der Waals surface area contributed by atoms with Gasteiger partial charge in [-0.2, -0.15) is 12.1 Å². The Morgan fingerprint density at radius 2 is 1.32 bits per heavy atom. The molecule has 0 fully saturated rings. The summed E-state index contributed by atoms with van der Waals surface area (Å²) in [6.45, 7) is 15.5. The SMILES string of the molecule is CC(C)(C)c1ccc(N2[CH-]N(c3[c-]c(Oc4[c-]c5c(cc4)c4sc6ccccc6c4n5-c4ccc(C(C)(C)C)cn4)ccc3)c3ccccc32)cc1.[Pt]. The molecule has 268 valence electrons. The largest absolute Gasteiger partial charge is 0.509 e. The van der Waals surface area contributed by atoms with Gasteiger partial charge in [0.2, 0.25) is 0 Å². The summed E-state index contributed by atoms with van der Waals surface area (Å²) in [5, 5.41) is 2.33. The fourth-order valence-electron chi connectivity index (χ4n) is 7.01. The molecule has 4 heterocycles. The van der Waals surface area contributed by atoms with E-state index < -0.39 is 0 Å². The molecule has 5 nitrogen and oxygen atoms in total. The van der Waals surface area contributed by atoms with Gasteiger partial charge in [-0.3, -0.25) is 0 Å². The Morgan fingerprint density at radius 1 is 0.642 bits per heavy atom. The number of ether oxygens (including phenoxy) is 1. The van der Waals surface area contributed by atoms with E-state index in [4.69, 9.17) is 9.72 Å². The topological polar surface area (TPSA) is 33.5 Å². The van der Waals surface area contributed by atoms with E-state index in [1.165, 1.54) is 25.9 Å². The van der Waals surface area contributed by atoms with Crippen molar-refractivity contribution < 1.29 is 25.8 Å². The van der Waals surface area contributed by atoms with Crippen LogP contribution >= 0.6 is 11.3 Å². The molecule has 8 aromatic rings. The first kappa shape index (κ1) is 35.1. The normalized spacial score (nSPS) is 13.2. The fraction of sp³-hybridized carbons (Fsp3) is 0.174. The smallest absolute Gasteiger partial charge is 0.135 e. The molecule has 1 aliphatic heterocycles. The second-order valence-corrected chi connectivity index (χ2v) is 16.5. The van der Waals surface area contributed by atoms with Gasteiger partial charge >= 0.3 is 0 Å². The summed E-state index contributed by atoms with van der Waals surface area (Å²) in [5.74, 6) is 2.10. The number of aromatic nitrogens is 2. The third-order valence-corrected chi connectivity index (χ3v) is 11.1. The number of thiophene rings is 1. The number of benzene rings is 5. The van der Waals surface area contributed by atoms with Crippen LogP contribution in [0.15, 0.2) is 121 Å². The summed E-state index contributed by atoms with van der Waals surface area (Å²) in [6.07, 6.45) is 2.00. The molecule has 0 saturated heterocycles. The monoisotopic (exact) mass is 890 g/mol. The molecule has 0 atom stereocenters. The van der Waals surface area contributed by atoms with Crippen molar-refractivity contribution in [3.63, 3.8) is 0 Å². The number of anilines is 4. The molecule has 0 unspecified atom stereocenters. The number of rotatable bonds is 5. The predicted molar refractivity (Wildman–Crippen MR) is 217 cm³/mol. The van der Waals surface area contributed by atoms with Crippen molar-refractivity contribution in [2.75, 3.05) is 9.80 Å². The Bertz CT molecular complexity index is 2610. The molecular weight excluding hydrogens is 852 g/mol. The van der Waals surface area contributed by atoms with Gasteiger partial charge in [-0.25, -0.2) is 4.98 Å². The maximum Gasteiger partial charge on any atom is 0.135 e. The van der Waals surface area contributed by atoms with Gasteiger partial charge in [0.25, 0.3) is 0 Å². The second kappa shape index (κ2) is 13.2. The predicted octanol–water partition coefficient (Wildman–Crippen LogP) is 12.8. The Labute approximate surface area is 329 Å². The summed E-state index contributed by atoms with van der Waals surface area (Å²) in [6, 6.07) is 47.6. The molecule has 3 aromatic heterocycles. The number of pyridine rings is 1. The van der Waals surface area contributed by atoms with E-state index in [2.05, 4.69) is 172 Å². The zero-order chi connectivity index (χ0) is 35.8. The first-order valence-electron chi connectivity index (χ1n) is 17.7. The minimum Gasteiger partial charge on any atom is -0.509 e. The van der Waals surface area contributed by atoms with Crippen LogP contribution in [0.4, 0.5) is 22.7 Å². The van der Waals surface area contributed by atoms with Crippen molar-refractivity contribution in [3.8, 4) is 17.3 Å². The van der Waals surface area contributed by atoms with E-state index in [0.717, 1.165) is 45.0 Å². The average Bonchev–Trinajstić information content (AvgIpc) is 3.80. The maximum absolute atomic E-state index is 6.55. The van der Waals surface area contributed by atoms with Crippen LogP contribution in [0.25, 0.3) is 37.0 Å². The molecule has 0 bridgehead atoms. The Balaban J connectivity index is 0.00000400. The van der Waals surface area contributed by atoms with Crippen LogP contribution in [0.3, 0.4) is 0 Å². The molecular formula is C46H39N4OPtS-3. The molecule has 5 aromatic carbocycles. The first-order valence-corrected chi connectivity index (χ1v) is 18.5. The van der Waals surface area contributed by atoms with Crippen LogP contribution in [-0.2, 0) is 31.9 Å². The Hall–Kier alpha value is -4.90. The van der Waals surface area contributed by atoms with Crippen LogP contribution in [0, 0.1) is 18.8 Å². The van der Waals surface area contributed by atoms with Crippen molar-refractivity contribution in [1.82, 2.24) is 9.55 Å². The van der Waals surface area contributed by atoms with Gasteiger partial charge < -0.3 is 19.1 Å². The van der Waals surface area contributed by atoms with Crippen LogP contribution in [0.1, 0.15) is 52.7 Å². The summed E-state index contributed by atoms with van der Waals surface area (Å²) in [7, 11) is 0. The van der Waals surface area contributed by atoms with Crippen LogP contribution < -0.4 is 14.5 Å². The number of hydrogen-bond donors (Lipinski definition) is 0. The van der Waals surface area contributed by atoms with E-state index in [9.17, 15) is 0 Å². The van der Waals surface area contributed by atoms with Gasteiger partial charge in [0.15, 0.2) is 0 Å². The summed E-state index contributed by atoms with van der Waals surface area (Å²) < 4.78 is 11.3. The molecule has 0 spiro atoms. The van der Waals surface area contributed by atoms with Crippen LogP contribution in [0.5, 0.6) is 11.5 Å². The van der Waals surface area contributed by atoms with Gasteiger partial charge in [0.05, 0.1) is 5.52 Å².